The molecule has 0 aliphatic carbocycles. The van der Waals surface area contributed by atoms with Crippen LogP contribution < -0.4 is 15.5 Å². The van der Waals surface area contributed by atoms with Gasteiger partial charge in [-0.1, -0.05) is 18.2 Å². The number of anilines is 2. The molecule has 5 rings (SSSR count). The van der Waals surface area contributed by atoms with Gasteiger partial charge in [0.05, 0.1) is 25.7 Å². The van der Waals surface area contributed by atoms with Crippen LogP contribution in [0.5, 0.6) is 0 Å². The van der Waals surface area contributed by atoms with E-state index in [9.17, 15) is 13.6 Å². The number of carbonyl (C=O) groups excluding carboxylic acids is 1. The minimum Gasteiger partial charge on any atom is -0.378 e. The van der Waals surface area contributed by atoms with Gasteiger partial charge in [-0.05, 0) is 35.7 Å². The number of hydrogen-bond acceptors (Lipinski definition) is 5. The molecule has 2 saturated heterocycles. The summed E-state index contributed by atoms with van der Waals surface area (Å²) in [5.41, 5.74) is 3.81. The molecule has 9 heteroatoms. The first-order valence-corrected chi connectivity index (χ1v) is 11.9. The molecule has 0 spiro atoms. The topological polar surface area (TPSA) is 71.4 Å². The molecule has 2 aliphatic heterocycles. The van der Waals surface area contributed by atoms with E-state index < -0.39 is 17.6 Å². The fourth-order valence-corrected chi connectivity index (χ4v) is 4.94. The van der Waals surface area contributed by atoms with Crippen molar-refractivity contribution in [3.8, 4) is 0 Å². The van der Waals surface area contributed by atoms with Crippen molar-refractivity contribution in [3.05, 3.63) is 77.1 Å². The lowest BCUT2D eigenvalue weighted by Crippen LogP contribution is -2.37. The average molecular weight is 482 g/mol. The lowest BCUT2D eigenvalue weighted by Gasteiger charge is -2.31. The van der Waals surface area contributed by atoms with Crippen LogP contribution in [0.4, 0.5) is 20.4 Å². The standard InChI is InChI=1S/C26H29F2N5O2/c1-17-2-3-18(24(12-17)32-8-10-35-11-9-32)16-33-7-6-30-26(33)31-25(34)22-15-29-14-21(22)20-5-4-19(27)13-23(20)28/h2-7,12-13,21-22,29H,8-11,14-16H2,1H3,(H,30,31,34)/t21-,22+/m0/s1. The van der Waals surface area contributed by atoms with Gasteiger partial charge in [0, 0.05) is 56.2 Å². The summed E-state index contributed by atoms with van der Waals surface area (Å²) in [7, 11) is 0. The van der Waals surface area contributed by atoms with E-state index >= 15 is 0 Å². The van der Waals surface area contributed by atoms with E-state index in [1.807, 2.05) is 10.8 Å². The first-order chi connectivity index (χ1) is 17.0. The Morgan fingerprint density at radius 2 is 2.00 bits per heavy atom. The normalized spacial score (nSPS) is 20.3. The number of morpholine rings is 1. The molecule has 2 atom stereocenters. The van der Waals surface area contributed by atoms with Gasteiger partial charge < -0.3 is 19.5 Å². The van der Waals surface area contributed by atoms with Gasteiger partial charge in [0.2, 0.25) is 11.9 Å². The summed E-state index contributed by atoms with van der Waals surface area (Å²) < 4.78 is 35.2. The maximum atomic E-state index is 14.4. The predicted octanol–water partition coefficient (Wildman–Crippen LogP) is 3.30. The molecule has 0 radical (unpaired) electrons. The highest BCUT2D eigenvalue weighted by Gasteiger charge is 2.36. The number of halogens is 2. The summed E-state index contributed by atoms with van der Waals surface area (Å²) in [4.78, 5) is 19.9. The highest BCUT2D eigenvalue weighted by atomic mass is 19.1. The molecule has 1 amide bonds. The summed E-state index contributed by atoms with van der Waals surface area (Å²) >= 11 is 0. The van der Waals surface area contributed by atoms with Gasteiger partial charge in [-0.2, -0.15) is 0 Å². The largest absolute Gasteiger partial charge is 0.378 e. The minimum atomic E-state index is -0.632. The van der Waals surface area contributed by atoms with Gasteiger partial charge in [-0.15, -0.1) is 0 Å². The zero-order valence-electron chi connectivity index (χ0n) is 19.6. The van der Waals surface area contributed by atoms with Crippen molar-refractivity contribution in [1.29, 1.82) is 0 Å². The van der Waals surface area contributed by atoms with Crippen LogP contribution in [0.1, 0.15) is 22.6 Å². The second kappa shape index (κ2) is 10.1. The first kappa shape index (κ1) is 23.4. The lowest BCUT2D eigenvalue weighted by atomic mass is 9.88. The van der Waals surface area contributed by atoms with Crippen LogP contribution >= 0.6 is 0 Å². The molecular weight excluding hydrogens is 452 g/mol. The average Bonchev–Trinajstić information content (AvgIpc) is 3.51. The first-order valence-electron chi connectivity index (χ1n) is 11.9. The molecule has 2 aliphatic rings. The molecule has 2 aromatic carbocycles. The predicted molar refractivity (Wildman–Crippen MR) is 130 cm³/mol. The molecule has 3 heterocycles. The molecule has 1 aromatic heterocycles. The van der Waals surface area contributed by atoms with Crippen molar-refractivity contribution >= 4 is 17.5 Å². The Hall–Kier alpha value is -3.30. The highest BCUT2D eigenvalue weighted by molar-refractivity contribution is 5.92. The Morgan fingerprint density at radius 1 is 1.17 bits per heavy atom. The summed E-state index contributed by atoms with van der Waals surface area (Å²) in [6.45, 7) is 6.54. The molecular formula is C26H29F2N5O2. The Labute approximate surface area is 203 Å². The van der Waals surface area contributed by atoms with Gasteiger partial charge >= 0.3 is 0 Å². The van der Waals surface area contributed by atoms with Gasteiger partial charge in [-0.3, -0.25) is 10.1 Å². The van der Waals surface area contributed by atoms with Crippen molar-refractivity contribution < 1.29 is 18.3 Å². The molecule has 0 bridgehead atoms. The van der Waals surface area contributed by atoms with Crippen LogP contribution in [0.25, 0.3) is 0 Å². The molecule has 2 fully saturated rings. The van der Waals surface area contributed by atoms with Crippen molar-refractivity contribution in [2.45, 2.75) is 19.4 Å². The van der Waals surface area contributed by atoms with Crippen LogP contribution in [-0.2, 0) is 16.1 Å². The van der Waals surface area contributed by atoms with E-state index in [0.717, 1.165) is 30.4 Å². The van der Waals surface area contributed by atoms with Gasteiger partial charge in [0.25, 0.3) is 0 Å². The number of benzene rings is 2. The van der Waals surface area contributed by atoms with Gasteiger partial charge in [-0.25, -0.2) is 13.8 Å². The van der Waals surface area contributed by atoms with Crippen molar-refractivity contribution in [1.82, 2.24) is 14.9 Å². The van der Waals surface area contributed by atoms with Crippen molar-refractivity contribution in [2.24, 2.45) is 5.92 Å². The fourth-order valence-electron chi connectivity index (χ4n) is 4.94. The molecule has 0 unspecified atom stereocenters. The molecule has 2 N–H and O–H groups in total. The van der Waals surface area contributed by atoms with Crippen LogP contribution in [0.2, 0.25) is 0 Å². The third kappa shape index (κ3) is 5.06. The zero-order chi connectivity index (χ0) is 24.4. The number of carbonyl (C=O) groups is 1. The van der Waals surface area contributed by atoms with Crippen LogP contribution in [0, 0.1) is 24.5 Å². The summed E-state index contributed by atoms with van der Waals surface area (Å²) in [5.74, 6) is -1.95. The van der Waals surface area contributed by atoms with Crippen LogP contribution in [0.15, 0.2) is 48.8 Å². The number of rotatable bonds is 6. The lowest BCUT2D eigenvalue weighted by molar-refractivity contribution is -0.119. The fraction of sp³-hybridized carbons (Fsp3) is 0.385. The van der Waals surface area contributed by atoms with Crippen molar-refractivity contribution in [2.75, 3.05) is 49.6 Å². The third-order valence-corrected chi connectivity index (χ3v) is 6.80. The van der Waals surface area contributed by atoms with Gasteiger partial charge in [0.1, 0.15) is 11.6 Å². The summed E-state index contributed by atoms with van der Waals surface area (Å²) in [5, 5.41) is 6.10. The number of imidazole rings is 1. The van der Waals surface area contributed by atoms with Crippen LogP contribution in [-0.4, -0.2) is 54.9 Å². The Morgan fingerprint density at radius 3 is 2.80 bits per heavy atom. The van der Waals surface area contributed by atoms with E-state index in [-0.39, 0.29) is 11.8 Å². The maximum Gasteiger partial charge on any atom is 0.231 e. The molecule has 7 nitrogen and oxygen atoms in total. The van der Waals surface area contributed by atoms with E-state index in [4.69, 9.17) is 4.74 Å². The van der Waals surface area contributed by atoms with E-state index in [1.165, 1.54) is 17.7 Å². The third-order valence-electron chi connectivity index (χ3n) is 6.80. The number of amides is 1. The highest BCUT2D eigenvalue weighted by Crippen LogP contribution is 2.31. The van der Waals surface area contributed by atoms with E-state index in [0.29, 0.717) is 44.4 Å². The Bertz CT molecular complexity index is 1210. The molecule has 0 saturated carbocycles. The summed E-state index contributed by atoms with van der Waals surface area (Å²) in [6.07, 6.45) is 3.49. The second-order valence-corrected chi connectivity index (χ2v) is 9.14. The van der Waals surface area contributed by atoms with Crippen molar-refractivity contribution in [3.63, 3.8) is 0 Å². The second-order valence-electron chi connectivity index (χ2n) is 9.14. The number of nitrogens with one attached hydrogen (secondary N) is 2. The number of aryl methyl sites for hydroxylation is 1. The number of ether oxygens (including phenoxy) is 1. The quantitative estimate of drug-likeness (QED) is 0.566. The molecule has 3 aromatic rings. The number of nitrogens with zero attached hydrogens (tertiary/aromatic N) is 3. The SMILES string of the molecule is Cc1ccc(Cn2ccnc2NC(=O)[C@@H]2CNC[C@H]2c2ccc(F)cc2F)c(N2CCOCC2)c1. The number of aromatic nitrogens is 2. The monoisotopic (exact) mass is 481 g/mol. The Balaban J connectivity index is 1.33. The molecule has 184 valence electrons. The minimum absolute atomic E-state index is 0.242. The van der Waals surface area contributed by atoms with Crippen LogP contribution in [0.3, 0.4) is 0 Å². The van der Waals surface area contributed by atoms with Gasteiger partial charge in [0.15, 0.2) is 0 Å². The van der Waals surface area contributed by atoms with E-state index in [1.54, 1.807) is 6.20 Å². The number of hydrogen-bond donors (Lipinski definition) is 2. The maximum absolute atomic E-state index is 14.4. The smallest absolute Gasteiger partial charge is 0.231 e. The molecule has 35 heavy (non-hydrogen) atoms. The van der Waals surface area contributed by atoms with E-state index in [2.05, 4.69) is 45.6 Å². The summed E-state index contributed by atoms with van der Waals surface area (Å²) in [6, 6.07) is 9.89. The Kier molecular flexibility index (Phi) is 6.79. The zero-order valence-corrected chi connectivity index (χ0v) is 19.6.